The number of hydrogen-bond donors (Lipinski definition) is 1. The summed E-state index contributed by atoms with van der Waals surface area (Å²) in [6.45, 7) is 12.3. The van der Waals surface area contributed by atoms with E-state index in [-0.39, 0.29) is 11.9 Å². The van der Waals surface area contributed by atoms with Gasteiger partial charge in [-0.25, -0.2) is 0 Å². The van der Waals surface area contributed by atoms with E-state index in [1.807, 2.05) is 0 Å². The van der Waals surface area contributed by atoms with Crippen molar-refractivity contribution in [2.24, 2.45) is 11.8 Å². The van der Waals surface area contributed by atoms with E-state index in [0.717, 1.165) is 61.6 Å². The molecule has 0 aromatic carbocycles. The van der Waals surface area contributed by atoms with E-state index in [1.165, 1.54) is 148 Å². The highest BCUT2D eigenvalue weighted by Crippen LogP contribution is 2.16. The predicted molar refractivity (Wildman–Crippen MR) is 209 cm³/mol. The van der Waals surface area contributed by atoms with E-state index < -0.39 is 0 Å². The Labute approximate surface area is 301 Å². The lowest BCUT2D eigenvalue weighted by molar-refractivity contribution is -0.890. The third-order valence-corrected chi connectivity index (χ3v) is 10.1. The van der Waals surface area contributed by atoms with Gasteiger partial charge in [0, 0.05) is 25.8 Å². The molecule has 0 unspecified atom stereocenters. The van der Waals surface area contributed by atoms with Gasteiger partial charge in [0.25, 0.3) is 0 Å². The van der Waals surface area contributed by atoms with Crippen molar-refractivity contribution in [3.63, 3.8) is 0 Å². The molecule has 0 atom stereocenters. The van der Waals surface area contributed by atoms with Crippen LogP contribution >= 0.6 is 0 Å². The number of likely N-dealkylation sites (N-methyl/N-ethyl adjacent to an activating group) is 1. The lowest BCUT2D eigenvalue weighted by Gasteiger charge is -2.29. The molecule has 0 aliphatic carbocycles. The van der Waals surface area contributed by atoms with Gasteiger partial charge in [-0.3, -0.25) is 9.59 Å². The van der Waals surface area contributed by atoms with Crippen molar-refractivity contribution >= 4 is 11.9 Å². The van der Waals surface area contributed by atoms with Crippen molar-refractivity contribution < 1.29 is 18.8 Å². The first kappa shape index (κ1) is 46.9. The van der Waals surface area contributed by atoms with Gasteiger partial charge in [-0.05, 0) is 24.7 Å². The number of hydrogen-bond acceptors (Lipinski definition) is 3. The molecule has 0 bridgehead atoms. The van der Waals surface area contributed by atoms with Crippen LogP contribution in [0.1, 0.15) is 214 Å². The molecule has 0 aliphatic rings. The van der Waals surface area contributed by atoms with E-state index in [4.69, 9.17) is 4.74 Å². The Bertz CT molecular complexity index is 706. The third-order valence-electron chi connectivity index (χ3n) is 10.1. The van der Waals surface area contributed by atoms with Crippen LogP contribution in [0.5, 0.6) is 0 Å². The fraction of sp³-hybridized carbons (Fsp3) is 0.953. The molecule has 0 radical (unpaired) electrons. The number of rotatable bonds is 37. The number of carbonyl (C=O) groups excluding carboxylic acids is 2. The Morgan fingerprint density at radius 2 is 0.833 bits per heavy atom. The average molecular weight is 680 g/mol. The smallest absolute Gasteiger partial charge is 0.305 e. The van der Waals surface area contributed by atoms with Crippen LogP contribution in [0.4, 0.5) is 0 Å². The van der Waals surface area contributed by atoms with Crippen molar-refractivity contribution in [2.75, 3.05) is 40.3 Å². The molecule has 5 heteroatoms. The van der Waals surface area contributed by atoms with E-state index in [2.05, 4.69) is 47.1 Å². The fourth-order valence-electron chi connectivity index (χ4n) is 6.61. The molecule has 0 fully saturated rings. The van der Waals surface area contributed by atoms with Gasteiger partial charge < -0.3 is 14.5 Å². The Hall–Kier alpha value is -1.10. The zero-order valence-corrected chi connectivity index (χ0v) is 33.7. The Morgan fingerprint density at radius 3 is 1.23 bits per heavy atom. The Balaban J connectivity index is 3.48. The summed E-state index contributed by atoms with van der Waals surface area (Å²) in [5.74, 6) is 1.86. The zero-order valence-electron chi connectivity index (χ0n) is 33.7. The number of unbranched alkanes of at least 4 members (excludes halogenated alkanes) is 22. The van der Waals surface area contributed by atoms with Gasteiger partial charge in [0.1, 0.15) is 13.2 Å². The number of esters is 1. The maximum absolute atomic E-state index is 12.2. The van der Waals surface area contributed by atoms with Gasteiger partial charge >= 0.3 is 5.97 Å². The molecule has 0 aromatic heterocycles. The van der Waals surface area contributed by atoms with Crippen LogP contribution in [-0.2, 0) is 14.3 Å². The molecule has 1 N–H and O–H groups in total. The highest BCUT2D eigenvalue weighted by molar-refractivity contribution is 5.75. The van der Waals surface area contributed by atoms with Crippen LogP contribution in [-0.4, -0.2) is 56.7 Å². The first-order chi connectivity index (χ1) is 23.1. The number of quaternary nitrogens is 1. The van der Waals surface area contributed by atoms with Crippen LogP contribution < -0.4 is 5.32 Å². The summed E-state index contributed by atoms with van der Waals surface area (Å²) in [4.78, 5) is 24.4. The summed E-state index contributed by atoms with van der Waals surface area (Å²) in [5.41, 5.74) is 0. The largest absolute Gasteiger partial charge is 0.460 e. The van der Waals surface area contributed by atoms with Crippen molar-refractivity contribution in [1.29, 1.82) is 0 Å². The molecular formula is C43H87N2O3+. The number of ether oxygens (including phenoxy) is 1. The van der Waals surface area contributed by atoms with Crippen molar-refractivity contribution in [3.8, 4) is 0 Å². The average Bonchev–Trinajstić information content (AvgIpc) is 3.03. The van der Waals surface area contributed by atoms with Crippen LogP contribution in [0, 0.1) is 11.8 Å². The quantitative estimate of drug-likeness (QED) is 0.0404. The van der Waals surface area contributed by atoms with Crippen molar-refractivity contribution in [2.45, 2.75) is 214 Å². The van der Waals surface area contributed by atoms with Crippen LogP contribution in [0.25, 0.3) is 0 Å². The SMILES string of the molecule is CC(C)CCCCCCCCCCCCCCC(=O)NCCC[N+](C)(C)CCOC(=O)CCCCCCCCCCCCCCC(C)C. The second kappa shape index (κ2) is 34.4. The first-order valence-electron chi connectivity index (χ1n) is 21.4. The lowest BCUT2D eigenvalue weighted by Crippen LogP contribution is -2.44. The second-order valence-corrected chi connectivity index (χ2v) is 16.7. The van der Waals surface area contributed by atoms with Gasteiger partial charge in [-0.1, -0.05) is 182 Å². The molecule has 5 nitrogen and oxygen atoms in total. The summed E-state index contributed by atoms with van der Waals surface area (Å²) in [6.07, 6.45) is 36.7. The minimum Gasteiger partial charge on any atom is -0.460 e. The fourth-order valence-corrected chi connectivity index (χ4v) is 6.61. The lowest BCUT2D eigenvalue weighted by atomic mass is 10.0. The Kier molecular flexibility index (Phi) is 33.6. The molecule has 0 rings (SSSR count). The molecular weight excluding hydrogens is 592 g/mol. The minimum absolute atomic E-state index is 0.0473. The monoisotopic (exact) mass is 680 g/mol. The van der Waals surface area contributed by atoms with Crippen LogP contribution in [0.2, 0.25) is 0 Å². The molecule has 0 spiro atoms. The summed E-state index contributed by atoms with van der Waals surface area (Å²) in [5, 5.41) is 3.11. The van der Waals surface area contributed by atoms with Gasteiger partial charge in [0.2, 0.25) is 5.91 Å². The molecule has 286 valence electrons. The number of amides is 1. The number of nitrogens with zero attached hydrogens (tertiary/aromatic N) is 1. The summed E-state index contributed by atoms with van der Waals surface area (Å²) in [7, 11) is 4.36. The molecule has 0 aliphatic heterocycles. The second-order valence-electron chi connectivity index (χ2n) is 16.7. The molecule has 1 amide bonds. The zero-order chi connectivity index (χ0) is 35.6. The number of nitrogens with one attached hydrogen (secondary N) is 1. The van der Waals surface area contributed by atoms with E-state index in [9.17, 15) is 9.59 Å². The van der Waals surface area contributed by atoms with Crippen LogP contribution in [0.3, 0.4) is 0 Å². The van der Waals surface area contributed by atoms with Gasteiger partial charge in [0.05, 0.1) is 20.6 Å². The van der Waals surface area contributed by atoms with Gasteiger partial charge in [-0.2, -0.15) is 0 Å². The summed E-state index contributed by atoms with van der Waals surface area (Å²) in [6, 6.07) is 0. The van der Waals surface area contributed by atoms with E-state index >= 15 is 0 Å². The third kappa shape index (κ3) is 37.7. The molecule has 48 heavy (non-hydrogen) atoms. The minimum atomic E-state index is -0.0473. The Morgan fingerprint density at radius 1 is 0.479 bits per heavy atom. The van der Waals surface area contributed by atoms with Gasteiger partial charge in [-0.15, -0.1) is 0 Å². The first-order valence-corrected chi connectivity index (χ1v) is 21.4. The van der Waals surface area contributed by atoms with Gasteiger partial charge in [0.15, 0.2) is 0 Å². The summed E-state index contributed by atoms with van der Waals surface area (Å²) < 4.78 is 6.34. The molecule has 0 saturated carbocycles. The van der Waals surface area contributed by atoms with E-state index in [1.54, 1.807) is 0 Å². The van der Waals surface area contributed by atoms with Crippen LogP contribution in [0.15, 0.2) is 0 Å². The topological polar surface area (TPSA) is 55.4 Å². The standard InChI is InChI=1S/C43H86N2O3/c1-40(2)32-27-23-19-15-11-7-9-13-17-21-25-29-34-42(46)44-36-31-37-45(5,6)38-39-48-43(47)35-30-26-22-18-14-10-8-12-16-20-24-28-33-41(3)4/h40-41H,7-39H2,1-6H3/p+1. The van der Waals surface area contributed by atoms with Crippen molar-refractivity contribution in [1.82, 2.24) is 5.32 Å². The molecule has 0 aromatic rings. The maximum Gasteiger partial charge on any atom is 0.305 e. The summed E-state index contributed by atoms with van der Waals surface area (Å²) >= 11 is 0. The van der Waals surface area contributed by atoms with Crippen molar-refractivity contribution in [3.05, 3.63) is 0 Å². The number of carbonyl (C=O) groups is 2. The molecule has 0 saturated heterocycles. The van der Waals surface area contributed by atoms with E-state index in [0.29, 0.717) is 19.4 Å². The predicted octanol–water partition coefficient (Wildman–Crippen LogP) is 12.3. The molecule has 0 heterocycles. The maximum atomic E-state index is 12.2. The normalized spacial score (nSPS) is 11.9. The highest BCUT2D eigenvalue weighted by Gasteiger charge is 2.16. The highest BCUT2D eigenvalue weighted by atomic mass is 16.5.